The van der Waals surface area contributed by atoms with E-state index in [1.54, 1.807) is 6.33 Å². The molecule has 3 aromatic heterocycles. The molecule has 4 heterocycles. The predicted molar refractivity (Wildman–Crippen MR) is 93.2 cm³/mol. The van der Waals surface area contributed by atoms with E-state index in [0.29, 0.717) is 11.7 Å². The molecule has 0 spiro atoms. The number of aryl methyl sites for hydroxylation is 1. The maximum Gasteiger partial charge on any atom is 0.254 e. The van der Waals surface area contributed by atoms with E-state index in [4.69, 9.17) is 0 Å². The zero-order valence-electron chi connectivity index (χ0n) is 13.8. The number of nitrogens with zero attached hydrogens (tertiary/aromatic N) is 6. The third-order valence-corrected chi connectivity index (χ3v) is 4.49. The number of anilines is 2. The maximum absolute atomic E-state index is 4.52. The van der Waals surface area contributed by atoms with Crippen LogP contribution in [0.5, 0.6) is 0 Å². The van der Waals surface area contributed by atoms with E-state index in [2.05, 4.69) is 43.3 Å². The summed E-state index contributed by atoms with van der Waals surface area (Å²) in [6.45, 7) is 5.07. The van der Waals surface area contributed by atoms with E-state index in [1.807, 2.05) is 28.9 Å². The van der Waals surface area contributed by atoms with Gasteiger partial charge >= 0.3 is 0 Å². The summed E-state index contributed by atoms with van der Waals surface area (Å²) in [6.07, 6.45) is 5.43. The molecule has 7 nitrogen and oxygen atoms in total. The zero-order valence-corrected chi connectivity index (χ0v) is 13.8. The first-order valence-corrected chi connectivity index (χ1v) is 8.43. The molecule has 0 amide bonds. The van der Waals surface area contributed by atoms with Crippen molar-refractivity contribution in [1.82, 2.24) is 24.6 Å². The molecule has 1 N–H and O–H groups in total. The lowest BCUT2D eigenvalue weighted by Crippen LogP contribution is -2.25. The highest BCUT2D eigenvalue weighted by Crippen LogP contribution is 2.24. The summed E-state index contributed by atoms with van der Waals surface area (Å²) in [7, 11) is 0. The van der Waals surface area contributed by atoms with Gasteiger partial charge in [-0.3, -0.25) is 0 Å². The second-order valence-corrected chi connectivity index (χ2v) is 6.13. The zero-order chi connectivity index (χ0) is 16.4. The van der Waals surface area contributed by atoms with Crippen LogP contribution in [0.1, 0.15) is 19.0 Å². The van der Waals surface area contributed by atoms with E-state index in [1.165, 1.54) is 0 Å². The van der Waals surface area contributed by atoms with Crippen LogP contribution in [0.15, 0.2) is 36.8 Å². The van der Waals surface area contributed by atoms with Gasteiger partial charge in [0.1, 0.15) is 18.0 Å². The van der Waals surface area contributed by atoms with Gasteiger partial charge in [0.25, 0.3) is 5.78 Å². The Morgan fingerprint density at radius 2 is 2.25 bits per heavy atom. The first-order chi connectivity index (χ1) is 11.8. The quantitative estimate of drug-likeness (QED) is 0.774. The van der Waals surface area contributed by atoms with E-state index >= 15 is 0 Å². The molecule has 0 saturated carbocycles. The van der Waals surface area contributed by atoms with Gasteiger partial charge in [0.2, 0.25) is 0 Å². The first-order valence-electron chi connectivity index (χ1n) is 8.43. The van der Waals surface area contributed by atoms with Crippen molar-refractivity contribution in [2.24, 2.45) is 5.92 Å². The number of pyridine rings is 1. The molecule has 1 fully saturated rings. The summed E-state index contributed by atoms with van der Waals surface area (Å²) in [6, 6.07) is 8.07. The number of aromatic nitrogens is 5. The van der Waals surface area contributed by atoms with Gasteiger partial charge in [0.05, 0.1) is 0 Å². The van der Waals surface area contributed by atoms with Crippen molar-refractivity contribution >= 4 is 17.4 Å². The predicted octanol–water partition coefficient (Wildman–Crippen LogP) is 2.02. The average molecular weight is 323 g/mol. The smallest absolute Gasteiger partial charge is 0.254 e. The molecule has 124 valence electrons. The number of fused-ring (bicyclic) bond motifs is 1. The second kappa shape index (κ2) is 6.43. The number of nitrogens with one attached hydrogen (secondary N) is 1. The monoisotopic (exact) mass is 323 g/mol. The number of hydrogen-bond donors (Lipinski definition) is 1. The minimum Gasteiger partial charge on any atom is -0.370 e. The summed E-state index contributed by atoms with van der Waals surface area (Å²) in [5.74, 6) is 3.30. The molecule has 1 atom stereocenters. The van der Waals surface area contributed by atoms with Crippen molar-refractivity contribution < 1.29 is 0 Å². The van der Waals surface area contributed by atoms with Crippen molar-refractivity contribution in [2.45, 2.75) is 19.8 Å². The van der Waals surface area contributed by atoms with Crippen molar-refractivity contribution in [3.05, 3.63) is 42.5 Å². The van der Waals surface area contributed by atoms with Gasteiger partial charge in [0, 0.05) is 37.6 Å². The van der Waals surface area contributed by atoms with Crippen molar-refractivity contribution in [3.63, 3.8) is 0 Å². The average Bonchev–Trinajstić information content (AvgIpc) is 3.29. The van der Waals surface area contributed by atoms with E-state index in [0.717, 1.165) is 49.8 Å². The van der Waals surface area contributed by atoms with Crippen molar-refractivity contribution in [2.75, 3.05) is 29.9 Å². The number of hydrogen-bond acceptors (Lipinski definition) is 6. The normalized spacial score (nSPS) is 17.5. The Bertz CT molecular complexity index is 814. The third-order valence-electron chi connectivity index (χ3n) is 4.49. The number of rotatable bonds is 5. The van der Waals surface area contributed by atoms with Gasteiger partial charge in [-0.05, 0) is 30.9 Å². The molecule has 4 rings (SSSR count). The molecular weight excluding hydrogens is 302 g/mol. The van der Waals surface area contributed by atoms with Crippen molar-refractivity contribution in [3.8, 4) is 0 Å². The summed E-state index contributed by atoms with van der Waals surface area (Å²) in [5, 5.41) is 7.76. The molecule has 7 heteroatoms. The van der Waals surface area contributed by atoms with Gasteiger partial charge in [-0.1, -0.05) is 13.0 Å². The fourth-order valence-electron chi connectivity index (χ4n) is 3.17. The topological polar surface area (TPSA) is 71.2 Å². The highest BCUT2D eigenvalue weighted by atomic mass is 15.4. The van der Waals surface area contributed by atoms with E-state index in [9.17, 15) is 0 Å². The molecule has 0 aromatic carbocycles. The standard InChI is InChI=1S/C17H21N7/c1-2-14-9-16(24-17(22-14)20-12-21-24)23-8-6-13(11-23)10-19-15-5-3-4-7-18-15/h3-5,7,9,12-13H,2,6,8,10-11H2,1H3,(H,18,19). The Kier molecular flexibility index (Phi) is 3.98. The molecule has 1 unspecified atom stereocenters. The summed E-state index contributed by atoms with van der Waals surface area (Å²) < 4.78 is 1.84. The largest absolute Gasteiger partial charge is 0.370 e. The SMILES string of the molecule is CCc1cc(N2CCC(CNc3ccccn3)C2)n2ncnc2n1. The van der Waals surface area contributed by atoms with Crippen LogP contribution in [0, 0.1) is 5.92 Å². The molecule has 0 bridgehead atoms. The first kappa shape index (κ1) is 14.9. The van der Waals surface area contributed by atoms with Crippen LogP contribution in [0.2, 0.25) is 0 Å². The van der Waals surface area contributed by atoms with Gasteiger partial charge in [0.15, 0.2) is 0 Å². The summed E-state index contributed by atoms with van der Waals surface area (Å²) >= 11 is 0. The minimum absolute atomic E-state index is 0.587. The fraction of sp³-hybridized carbons (Fsp3) is 0.412. The third kappa shape index (κ3) is 2.89. The molecular formula is C17H21N7. The van der Waals surface area contributed by atoms with E-state index < -0.39 is 0 Å². The maximum atomic E-state index is 4.52. The van der Waals surface area contributed by atoms with Gasteiger partial charge < -0.3 is 10.2 Å². The van der Waals surface area contributed by atoms with Crippen LogP contribution in [-0.2, 0) is 6.42 Å². The molecule has 1 aliphatic rings. The van der Waals surface area contributed by atoms with Gasteiger partial charge in [-0.2, -0.15) is 14.6 Å². The lowest BCUT2D eigenvalue weighted by Gasteiger charge is -2.20. The van der Waals surface area contributed by atoms with Crippen LogP contribution in [0.3, 0.4) is 0 Å². The molecule has 24 heavy (non-hydrogen) atoms. The Balaban J connectivity index is 1.47. The van der Waals surface area contributed by atoms with Crippen LogP contribution in [0.4, 0.5) is 11.6 Å². The molecule has 0 aliphatic carbocycles. The van der Waals surface area contributed by atoms with Crippen LogP contribution in [0.25, 0.3) is 5.78 Å². The van der Waals surface area contributed by atoms with Crippen LogP contribution >= 0.6 is 0 Å². The van der Waals surface area contributed by atoms with Gasteiger partial charge in [-0.25, -0.2) is 9.97 Å². The summed E-state index contributed by atoms with van der Waals surface area (Å²) in [4.78, 5) is 15.5. The van der Waals surface area contributed by atoms with E-state index in [-0.39, 0.29) is 0 Å². The van der Waals surface area contributed by atoms with Crippen molar-refractivity contribution in [1.29, 1.82) is 0 Å². The van der Waals surface area contributed by atoms with Crippen LogP contribution < -0.4 is 10.2 Å². The molecule has 0 radical (unpaired) electrons. The Hall–Kier alpha value is -2.70. The lowest BCUT2D eigenvalue weighted by atomic mass is 10.1. The Morgan fingerprint density at radius 1 is 1.29 bits per heavy atom. The minimum atomic E-state index is 0.587. The molecule has 1 aliphatic heterocycles. The second-order valence-electron chi connectivity index (χ2n) is 6.13. The lowest BCUT2D eigenvalue weighted by molar-refractivity contribution is 0.620. The van der Waals surface area contributed by atoms with Crippen LogP contribution in [-0.4, -0.2) is 44.2 Å². The molecule has 1 saturated heterocycles. The highest BCUT2D eigenvalue weighted by Gasteiger charge is 2.25. The fourth-order valence-corrected chi connectivity index (χ4v) is 3.17. The van der Waals surface area contributed by atoms with Gasteiger partial charge in [-0.15, -0.1) is 0 Å². The highest BCUT2D eigenvalue weighted by molar-refractivity contribution is 5.48. The Labute approximate surface area is 140 Å². The molecule has 3 aromatic rings. The Morgan fingerprint density at radius 3 is 3.08 bits per heavy atom. The summed E-state index contributed by atoms with van der Waals surface area (Å²) in [5.41, 5.74) is 1.06.